The fraction of sp³-hybridized carbons (Fsp3) is 0.538. The summed E-state index contributed by atoms with van der Waals surface area (Å²) in [5, 5.41) is 0. The molecule has 0 saturated carbocycles. The summed E-state index contributed by atoms with van der Waals surface area (Å²) < 4.78 is 27.8. The molecular weight excluding hydrogens is 272 g/mol. The van der Waals surface area contributed by atoms with E-state index >= 15 is 0 Å². The van der Waals surface area contributed by atoms with Gasteiger partial charge in [-0.2, -0.15) is 0 Å². The number of hydrogen-bond donors (Lipinski definition) is 0. The third-order valence-electron chi connectivity index (χ3n) is 2.84. The molecule has 0 heterocycles. The minimum Gasteiger partial charge on any atom is -0.493 e. The number of ether oxygens (including phenoxy) is 1. The summed E-state index contributed by atoms with van der Waals surface area (Å²) >= 11 is 0. The van der Waals surface area contributed by atoms with Crippen molar-refractivity contribution >= 4 is 19.7 Å². The third-order valence-corrected chi connectivity index (χ3v) is 4.09. The number of benzene rings is 1. The van der Waals surface area contributed by atoms with Crippen molar-refractivity contribution in [3.05, 3.63) is 29.8 Å². The molecule has 0 radical (unpaired) electrons. The second-order valence-electron chi connectivity index (χ2n) is 4.25. The lowest BCUT2D eigenvalue weighted by molar-refractivity contribution is 0.256. The fourth-order valence-corrected chi connectivity index (χ4v) is 3.14. The monoisotopic (exact) mass is 290 g/mol. The molecule has 0 fully saturated rings. The van der Waals surface area contributed by atoms with Crippen molar-refractivity contribution < 1.29 is 13.2 Å². The highest BCUT2D eigenvalue weighted by Gasteiger charge is 2.16. The molecule has 0 aliphatic carbocycles. The highest BCUT2D eigenvalue weighted by Crippen LogP contribution is 2.20. The summed E-state index contributed by atoms with van der Waals surface area (Å²) in [4.78, 5) is 0. The lowest BCUT2D eigenvalue weighted by Crippen LogP contribution is -2.19. The molecule has 0 saturated heterocycles. The van der Waals surface area contributed by atoms with Crippen LogP contribution in [-0.4, -0.2) is 20.8 Å². The molecule has 0 bridgehead atoms. The lowest BCUT2D eigenvalue weighted by Gasteiger charge is -2.16. The maximum atomic E-state index is 11.0. The first-order chi connectivity index (χ1) is 8.46. The molecule has 1 unspecified atom stereocenters. The van der Waals surface area contributed by atoms with E-state index in [0.717, 1.165) is 24.2 Å². The first-order valence-corrected chi connectivity index (χ1v) is 8.57. The Morgan fingerprint density at radius 1 is 1.28 bits per heavy atom. The van der Waals surface area contributed by atoms with Gasteiger partial charge in [-0.1, -0.05) is 32.0 Å². The van der Waals surface area contributed by atoms with Crippen molar-refractivity contribution in [2.45, 2.75) is 26.7 Å². The molecule has 1 aromatic carbocycles. The summed E-state index contributed by atoms with van der Waals surface area (Å²) in [5.41, 5.74) is 1.13. The summed E-state index contributed by atoms with van der Waals surface area (Å²) in [5.74, 6) is 0.710. The van der Waals surface area contributed by atoms with E-state index in [4.69, 9.17) is 15.4 Å². The molecule has 1 aromatic rings. The van der Waals surface area contributed by atoms with Gasteiger partial charge < -0.3 is 4.74 Å². The van der Waals surface area contributed by atoms with E-state index in [1.807, 2.05) is 31.2 Å². The van der Waals surface area contributed by atoms with Crippen LogP contribution in [0.1, 0.15) is 25.8 Å². The number of aryl methyl sites for hydroxylation is 1. The van der Waals surface area contributed by atoms with Gasteiger partial charge in [0.25, 0.3) is 0 Å². The van der Waals surface area contributed by atoms with Crippen molar-refractivity contribution in [3.8, 4) is 5.75 Å². The fourth-order valence-electron chi connectivity index (χ4n) is 1.71. The minimum atomic E-state index is -3.46. The Kier molecular flexibility index (Phi) is 5.96. The van der Waals surface area contributed by atoms with E-state index in [1.165, 1.54) is 0 Å². The number of para-hydroxylation sites is 1. The second kappa shape index (κ2) is 7.00. The molecule has 102 valence electrons. The largest absolute Gasteiger partial charge is 0.493 e. The zero-order valence-corrected chi connectivity index (χ0v) is 12.3. The highest BCUT2D eigenvalue weighted by molar-refractivity contribution is 8.13. The third kappa shape index (κ3) is 5.27. The van der Waals surface area contributed by atoms with Gasteiger partial charge in [0.15, 0.2) is 0 Å². The van der Waals surface area contributed by atoms with Gasteiger partial charge in [-0.25, -0.2) is 8.42 Å². The number of halogens is 1. The molecule has 3 nitrogen and oxygen atoms in total. The Balaban J connectivity index is 2.62. The zero-order valence-electron chi connectivity index (χ0n) is 10.7. The summed E-state index contributed by atoms with van der Waals surface area (Å²) in [6.45, 7) is 4.37. The molecule has 1 atom stereocenters. The SMILES string of the molecule is CCc1ccccc1OCC(CC)CS(=O)(=O)Cl. The van der Waals surface area contributed by atoms with Crippen LogP contribution in [0.3, 0.4) is 0 Å². The van der Waals surface area contributed by atoms with E-state index in [9.17, 15) is 8.42 Å². The Morgan fingerprint density at radius 2 is 1.94 bits per heavy atom. The Morgan fingerprint density at radius 3 is 2.50 bits per heavy atom. The predicted molar refractivity (Wildman–Crippen MR) is 74.7 cm³/mol. The summed E-state index contributed by atoms with van der Waals surface area (Å²) in [6.07, 6.45) is 1.61. The Hall–Kier alpha value is -0.740. The van der Waals surface area contributed by atoms with Gasteiger partial charge in [-0.15, -0.1) is 0 Å². The van der Waals surface area contributed by atoms with E-state index < -0.39 is 9.05 Å². The van der Waals surface area contributed by atoms with Crippen molar-refractivity contribution in [3.63, 3.8) is 0 Å². The highest BCUT2D eigenvalue weighted by atomic mass is 35.7. The molecule has 0 amide bonds. The van der Waals surface area contributed by atoms with E-state index in [-0.39, 0.29) is 11.7 Å². The first kappa shape index (κ1) is 15.3. The quantitative estimate of drug-likeness (QED) is 0.724. The minimum absolute atomic E-state index is 0.0423. The van der Waals surface area contributed by atoms with E-state index in [0.29, 0.717) is 6.61 Å². The van der Waals surface area contributed by atoms with Crippen molar-refractivity contribution in [2.75, 3.05) is 12.4 Å². The van der Waals surface area contributed by atoms with Crippen LogP contribution in [0.4, 0.5) is 0 Å². The molecule has 0 aromatic heterocycles. The predicted octanol–water partition coefficient (Wildman–Crippen LogP) is 3.22. The van der Waals surface area contributed by atoms with E-state index in [2.05, 4.69) is 6.92 Å². The first-order valence-electron chi connectivity index (χ1n) is 6.09. The summed E-state index contributed by atoms with van der Waals surface area (Å²) in [7, 11) is 1.80. The average molecular weight is 291 g/mol. The van der Waals surface area contributed by atoms with Crippen LogP contribution < -0.4 is 4.74 Å². The van der Waals surface area contributed by atoms with Gasteiger partial charge in [0.2, 0.25) is 9.05 Å². The number of rotatable bonds is 7. The van der Waals surface area contributed by atoms with Crippen LogP contribution in [0.25, 0.3) is 0 Å². The van der Waals surface area contributed by atoms with Gasteiger partial charge in [-0.3, -0.25) is 0 Å². The standard InChI is InChI=1S/C13H19ClO3S/c1-3-11(10-18(14,15)16)9-17-13-8-6-5-7-12(13)4-2/h5-8,11H,3-4,9-10H2,1-2H3. The topological polar surface area (TPSA) is 43.4 Å². The van der Waals surface area contributed by atoms with Crippen molar-refractivity contribution in [1.29, 1.82) is 0 Å². The van der Waals surface area contributed by atoms with Gasteiger partial charge in [0.1, 0.15) is 5.75 Å². The van der Waals surface area contributed by atoms with Gasteiger partial charge in [0, 0.05) is 16.6 Å². The van der Waals surface area contributed by atoms with Gasteiger partial charge >= 0.3 is 0 Å². The normalized spacial score (nSPS) is 13.3. The van der Waals surface area contributed by atoms with Crippen LogP contribution in [0.2, 0.25) is 0 Å². The van der Waals surface area contributed by atoms with Crippen molar-refractivity contribution in [2.24, 2.45) is 5.92 Å². The maximum Gasteiger partial charge on any atom is 0.232 e. The van der Waals surface area contributed by atoms with Crippen LogP contribution in [-0.2, 0) is 15.5 Å². The molecule has 0 aliphatic rings. The van der Waals surface area contributed by atoms with Crippen LogP contribution in [0.15, 0.2) is 24.3 Å². The average Bonchev–Trinajstić information content (AvgIpc) is 2.33. The molecule has 18 heavy (non-hydrogen) atoms. The zero-order chi connectivity index (χ0) is 13.6. The molecular formula is C13H19ClO3S. The Labute approximate surface area is 114 Å². The molecule has 5 heteroatoms. The molecule has 0 aliphatic heterocycles. The molecule has 0 N–H and O–H groups in total. The smallest absolute Gasteiger partial charge is 0.232 e. The second-order valence-corrected chi connectivity index (χ2v) is 7.07. The van der Waals surface area contributed by atoms with Gasteiger partial charge in [0.05, 0.1) is 12.4 Å². The number of hydrogen-bond acceptors (Lipinski definition) is 3. The van der Waals surface area contributed by atoms with Gasteiger partial charge in [-0.05, 0) is 24.5 Å². The molecule has 1 rings (SSSR count). The van der Waals surface area contributed by atoms with Crippen LogP contribution >= 0.6 is 10.7 Å². The van der Waals surface area contributed by atoms with E-state index in [1.54, 1.807) is 0 Å². The van der Waals surface area contributed by atoms with Crippen LogP contribution in [0.5, 0.6) is 5.75 Å². The van der Waals surface area contributed by atoms with Crippen LogP contribution in [0, 0.1) is 5.92 Å². The Bertz CT molecular complexity index is 471. The maximum absolute atomic E-state index is 11.0. The molecule has 0 spiro atoms. The van der Waals surface area contributed by atoms with Crippen molar-refractivity contribution in [1.82, 2.24) is 0 Å². The summed E-state index contributed by atoms with van der Waals surface area (Å²) in [6, 6.07) is 7.79. The lowest BCUT2D eigenvalue weighted by atomic mass is 10.1.